The first kappa shape index (κ1) is 12.6. The summed E-state index contributed by atoms with van der Waals surface area (Å²) in [6, 6.07) is 3.72. The molecule has 1 N–H and O–H groups in total. The highest BCUT2D eigenvalue weighted by Gasteiger charge is 2.28. The van der Waals surface area contributed by atoms with Crippen LogP contribution in [0.2, 0.25) is 5.02 Å². The summed E-state index contributed by atoms with van der Waals surface area (Å²) in [5.74, 6) is 0. The molecule has 0 atom stereocenters. The van der Waals surface area contributed by atoms with E-state index < -0.39 is 23.3 Å². The van der Waals surface area contributed by atoms with E-state index in [0.717, 1.165) is 6.07 Å². The van der Waals surface area contributed by atoms with Gasteiger partial charge in [0, 0.05) is 0 Å². The van der Waals surface area contributed by atoms with E-state index in [2.05, 4.69) is 0 Å². The number of nitro benzene ring substituents is 1. The van der Waals surface area contributed by atoms with Gasteiger partial charge in [0.05, 0.1) is 4.92 Å². The maximum atomic E-state index is 11.9. The second kappa shape index (κ2) is 4.56. The molecule has 0 saturated heterocycles. The number of hydrogen-bond donors (Lipinski definition) is 1. The van der Waals surface area contributed by atoms with E-state index in [4.69, 9.17) is 11.6 Å². The van der Waals surface area contributed by atoms with Crippen LogP contribution in [0.1, 0.15) is 0 Å². The molecule has 8 heteroatoms. The largest absolute Gasteiger partial charge is 0.405 e. The summed E-state index contributed by atoms with van der Waals surface area (Å²) in [6.45, 7) is -1.35. The van der Waals surface area contributed by atoms with Gasteiger partial charge in [0.1, 0.15) is 17.3 Å². The summed E-state index contributed by atoms with van der Waals surface area (Å²) in [5.41, 5.74) is -0.816. The SMILES string of the molecule is O=[N+]([O-])c1c(Cl)cccc1NCC(F)(F)F. The van der Waals surface area contributed by atoms with Crippen molar-refractivity contribution >= 4 is 23.0 Å². The molecule has 0 bridgehead atoms. The van der Waals surface area contributed by atoms with Crippen LogP contribution >= 0.6 is 11.6 Å². The lowest BCUT2D eigenvalue weighted by Crippen LogP contribution is -2.21. The van der Waals surface area contributed by atoms with Crippen molar-refractivity contribution in [2.75, 3.05) is 11.9 Å². The van der Waals surface area contributed by atoms with Crippen molar-refractivity contribution in [1.82, 2.24) is 0 Å². The van der Waals surface area contributed by atoms with Crippen LogP contribution in [0.4, 0.5) is 24.5 Å². The summed E-state index contributed by atoms with van der Waals surface area (Å²) in [4.78, 5) is 9.73. The predicted molar refractivity (Wildman–Crippen MR) is 52.7 cm³/mol. The maximum Gasteiger partial charge on any atom is 0.405 e. The second-order valence-corrected chi connectivity index (χ2v) is 3.27. The van der Waals surface area contributed by atoms with Gasteiger partial charge in [-0.2, -0.15) is 13.2 Å². The number of hydrogen-bond acceptors (Lipinski definition) is 3. The zero-order chi connectivity index (χ0) is 12.3. The number of anilines is 1. The summed E-state index contributed by atoms with van der Waals surface area (Å²) in [6.07, 6.45) is -4.45. The van der Waals surface area contributed by atoms with Crippen LogP contribution in [0, 0.1) is 10.1 Å². The molecular formula is C8H6ClF3N2O2. The molecule has 0 fully saturated rings. The molecule has 1 rings (SSSR count). The van der Waals surface area contributed by atoms with E-state index in [9.17, 15) is 23.3 Å². The van der Waals surface area contributed by atoms with Crippen molar-refractivity contribution in [1.29, 1.82) is 0 Å². The third-order valence-corrected chi connectivity index (χ3v) is 1.95. The Balaban J connectivity index is 2.96. The first-order valence-electron chi connectivity index (χ1n) is 4.05. The van der Waals surface area contributed by atoms with Crippen molar-refractivity contribution in [3.05, 3.63) is 33.3 Å². The van der Waals surface area contributed by atoms with Crippen LogP contribution < -0.4 is 5.32 Å². The van der Waals surface area contributed by atoms with Crippen molar-refractivity contribution in [3.63, 3.8) is 0 Å². The highest BCUT2D eigenvalue weighted by Crippen LogP contribution is 2.32. The lowest BCUT2D eigenvalue weighted by molar-refractivity contribution is -0.383. The lowest BCUT2D eigenvalue weighted by Gasteiger charge is -2.10. The molecule has 0 aliphatic carbocycles. The highest BCUT2D eigenvalue weighted by atomic mass is 35.5. The van der Waals surface area contributed by atoms with Crippen molar-refractivity contribution in [3.8, 4) is 0 Å². The smallest absolute Gasteiger partial charge is 0.371 e. The monoisotopic (exact) mass is 254 g/mol. The predicted octanol–water partition coefficient (Wildman–Crippen LogP) is 3.22. The third kappa shape index (κ3) is 3.27. The molecule has 0 radical (unpaired) electrons. The molecule has 0 aromatic heterocycles. The van der Waals surface area contributed by atoms with Gasteiger partial charge in [-0.1, -0.05) is 17.7 Å². The molecule has 0 aliphatic rings. The molecule has 0 saturated carbocycles. The van der Waals surface area contributed by atoms with Crippen LogP contribution in [0.5, 0.6) is 0 Å². The van der Waals surface area contributed by atoms with E-state index in [1.54, 1.807) is 0 Å². The maximum absolute atomic E-state index is 11.9. The summed E-state index contributed by atoms with van der Waals surface area (Å²) in [7, 11) is 0. The fraction of sp³-hybridized carbons (Fsp3) is 0.250. The van der Waals surface area contributed by atoms with Crippen molar-refractivity contribution in [2.24, 2.45) is 0 Å². The van der Waals surface area contributed by atoms with Gasteiger partial charge >= 0.3 is 11.9 Å². The zero-order valence-electron chi connectivity index (χ0n) is 7.71. The number of nitrogens with zero attached hydrogens (tertiary/aromatic N) is 1. The van der Waals surface area contributed by atoms with E-state index in [1.165, 1.54) is 12.1 Å². The van der Waals surface area contributed by atoms with Gasteiger partial charge in [0.15, 0.2) is 0 Å². The molecule has 0 amide bonds. The summed E-state index contributed by atoms with van der Waals surface area (Å²) >= 11 is 5.51. The topological polar surface area (TPSA) is 55.2 Å². The van der Waals surface area contributed by atoms with Crippen LogP contribution in [-0.4, -0.2) is 17.6 Å². The molecular weight excluding hydrogens is 249 g/mol. The number of nitro groups is 1. The summed E-state index contributed by atoms with van der Waals surface area (Å²) < 4.78 is 35.7. The van der Waals surface area contributed by atoms with Gasteiger partial charge in [0.25, 0.3) is 0 Å². The first-order chi connectivity index (χ1) is 7.31. The molecule has 0 aliphatic heterocycles. The minimum Gasteiger partial charge on any atom is -0.371 e. The van der Waals surface area contributed by atoms with E-state index in [1.807, 2.05) is 5.32 Å². The fourth-order valence-corrected chi connectivity index (χ4v) is 1.28. The number of para-hydroxylation sites is 1. The van der Waals surface area contributed by atoms with Gasteiger partial charge in [-0.3, -0.25) is 10.1 Å². The minimum absolute atomic E-state index is 0.211. The Labute approximate surface area is 93.2 Å². The standard InChI is InChI=1S/C8H6ClF3N2O2/c9-5-2-1-3-6(7(5)14(15)16)13-4-8(10,11)12/h1-3,13H,4H2. The number of nitrogens with one attached hydrogen (secondary N) is 1. The lowest BCUT2D eigenvalue weighted by atomic mass is 10.2. The molecule has 0 heterocycles. The average molecular weight is 255 g/mol. The minimum atomic E-state index is -4.45. The van der Waals surface area contributed by atoms with Gasteiger partial charge < -0.3 is 5.32 Å². The van der Waals surface area contributed by atoms with Crippen molar-refractivity contribution in [2.45, 2.75) is 6.18 Å². The first-order valence-corrected chi connectivity index (χ1v) is 4.42. The number of alkyl halides is 3. The Morgan fingerprint density at radius 1 is 1.44 bits per heavy atom. The van der Waals surface area contributed by atoms with E-state index in [-0.39, 0.29) is 10.7 Å². The normalized spacial score (nSPS) is 11.2. The van der Waals surface area contributed by atoms with E-state index in [0.29, 0.717) is 0 Å². The zero-order valence-corrected chi connectivity index (χ0v) is 8.47. The molecule has 16 heavy (non-hydrogen) atoms. The highest BCUT2D eigenvalue weighted by molar-refractivity contribution is 6.33. The molecule has 1 aromatic rings. The Hall–Kier alpha value is -1.50. The molecule has 4 nitrogen and oxygen atoms in total. The van der Waals surface area contributed by atoms with Gasteiger partial charge in [-0.15, -0.1) is 0 Å². The fourth-order valence-electron chi connectivity index (χ4n) is 1.04. The van der Waals surface area contributed by atoms with Crippen LogP contribution in [0.15, 0.2) is 18.2 Å². The Kier molecular flexibility index (Phi) is 3.58. The number of halogens is 4. The van der Waals surface area contributed by atoms with Crippen LogP contribution in [0.25, 0.3) is 0 Å². The third-order valence-electron chi connectivity index (χ3n) is 1.65. The Morgan fingerprint density at radius 2 is 2.06 bits per heavy atom. The number of benzene rings is 1. The van der Waals surface area contributed by atoms with Gasteiger partial charge in [-0.25, -0.2) is 0 Å². The van der Waals surface area contributed by atoms with Crippen LogP contribution in [-0.2, 0) is 0 Å². The number of rotatable bonds is 3. The molecule has 0 spiro atoms. The van der Waals surface area contributed by atoms with Gasteiger partial charge in [0.2, 0.25) is 0 Å². The molecule has 88 valence electrons. The second-order valence-electron chi connectivity index (χ2n) is 2.86. The Morgan fingerprint density at radius 3 is 2.56 bits per heavy atom. The molecule has 0 unspecified atom stereocenters. The Bertz CT molecular complexity index is 409. The van der Waals surface area contributed by atoms with Gasteiger partial charge in [-0.05, 0) is 12.1 Å². The van der Waals surface area contributed by atoms with E-state index >= 15 is 0 Å². The van der Waals surface area contributed by atoms with Crippen LogP contribution in [0.3, 0.4) is 0 Å². The van der Waals surface area contributed by atoms with Crippen molar-refractivity contribution < 1.29 is 18.1 Å². The quantitative estimate of drug-likeness (QED) is 0.665. The average Bonchev–Trinajstić information content (AvgIpc) is 2.12. The molecule has 1 aromatic carbocycles. The summed E-state index contributed by atoms with van der Waals surface area (Å²) in [5, 5.41) is 12.3.